The molecule has 0 bridgehead atoms. The Bertz CT molecular complexity index is 617. The van der Waals surface area contributed by atoms with E-state index in [9.17, 15) is 14.7 Å². The zero-order valence-electron chi connectivity index (χ0n) is 11.7. The molecule has 1 aromatic rings. The number of rotatable bonds is 4. The third-order valence-electron chi connectivity index (χ3n) is 3.22. The van der Waals surface area contributed by atoms with E-state index in [0.717, 1.165) is 0 Å². The van der Waals surface area contributed by atoms with Crippen LogP contribution in [0.2, 0.25) is 5.02 Å². The van der Waals surface area contributed by atoms with Gasteiger partial charge in [-0.15, -0.1) is 0 Å². The van der Waals surface area contributed by atoms with Gasteiger partial charge < -0.3 is 9.84 Å². The van der Waals surface area contributed by atoms with Gasteiger partial charge in [-0.05, 0) is 32.0 Å². The minimum absolute atomic E-state index is 0.0340. The molecule has 2 rings (SSSR count). The maximum absolute atomic E-state index is 11.8. The van der Waals surface area contributed by atoms with Crippen molar-refractivity contribution in [2.45, 2.75) is 25.8 Å². The summed E-state index contributed by atoms with van der Waals surface area (Å²) in [4.78, 5) is 23.4. The highest BCUT2D eigenvalue weighted by molar-refractivity contribution is 6.38. The Kier molecular flexibility index (Phi) is 4.18. The van der Waals surface area contributed by atoms with Crippen molar-refractivity contribution in [3.05, 3.63) is 29.3 Å². The van der Waals surface area contributed by atoms with E-state index < -0.39 is 17.5 Å². The summed E-state index contributed by atoms with van der Waals surface area (Å²) in [5.41, 5.74) is -0.763. The fraction of sp³-hybridized carbons (Fsp3) is 0.357. The highest BCUT2D eigenvalue weighted by Crippen LogP contribution is 2.34. The maximum atomic E-state index is 11.8. The molecule has 112 valence electrons. The Morgan fingerprint density at radius 2 is 2.24 bits per heavy atom. The molecule has 0 fully saturated rings. The molecule has 0 spiro atoms. The molecule has 6 nitrogen and oxygen atoms in total. The third kappa shape index (κ3) is 2.85. The monoisotopic (exact) mass is 310 g/mol. The second-order valence-electron chi connectivity index (χ2n) is 4.81. The number of hydrogen-bond acceptors (Lipinski definition) is 5. The van der Waals surface area contributed by atoms with Crippen molar-refractivity contribution in [1.82, 2.24) is 0 Å². The fourth-order valence-electron chi connectivity index (χ4n) is 2.11. The summed E-state index contributed by atoms with van der Waals surface area (Å²) >= 11 is 5.93. The van der Waals surface area contributed by atoms with Gasteiger partial charge in [-0.2, -0.15) is 5.10 Å². The van der Waals surface area contributed by atoms with E-state index in [2.05, 4.69) is 5.10 Å². The third-order valence-corrected chi connectivity index (χ3v) is 3.46. The van der Waals surface area contributed by atoms with Crippen LogP contribution in [0.25, 0.3) is 0 Å². The minimum Gasteiger partial charge on any atom is -0.479 e. The number of hydrazone groups is 1. The van der Waals surface area contributed by atoms with E-state index in [4.69, 9.17) is 16.3 Å². The molecule has 1 N–H and O–H groups in total. The van der Waals surface area contributed by atoms with Gasteiger partial charge in [0.25, 0.3) is 0 Å². The van der Waals surface area contributed by atoms with Gasteiger partial charge >= 0.3 is 11.9 Å². The lowest BCUT2D eigenvalue weighted by Gasteiger charge is -2.30. The Morgan fingerprint density at radius 3 is 2.81 bits per heavy atom. The number of carboxylic acids is 1. The average molecular weight is 311 g/mol. The van der Waals surface area contributed by atoms with Gasteiger partial charge in [-0.3, -0.25) is 0 Å². The predicted molar refractivity (Wildman–Crippen MR) is 78.7 cm³/mol. The molecule has 1 atom stereocenters. The largest absolute Gasteiger partial charge is 0.479 e. The predicted octanol–water partition coefficient (Wildman–Crippen LogP) is 2.31. The van der Waals surface area contributed by atoms with Crippen molar-refractivity contribution in [3.8, 4) is 0 Å². The van der Waals surface area contributed by atoms with Crippen molar-refractivity contribution in [2.24, 2.45) is 5.10 Å². The van der Waals surface area contributed by atoms with E-state index in [1.165, 1.54) is 11.9 Å². The van der Waals surface area contributed by atoms with E-state index in [0.29, 0.717) is 10.7 Å². The lowest BCUT2D eigenvalue weighted by Crippen LogP contribution is -2.47. The molecule has 0 saturated carbocycles. The molecule has 1 aromatic carbocycles. The Hall–Kier alpha value is -2.08. The lowest BCUT2D eigenvalue weighted by atomic mass is 9.95. The number of ether oxygens (including phenoxy) is 1. The van der Waals surface area contributed by atoms with Crippen molar-refractivity contribution < 1.29 is 19.4 Å². The maximum Gasteiger partial charge on any atom is 0.354 e. The van der Waals surface area contributed by atoms with Crippen molar-refractivity contribution in [2.75, 3.05) is 11.6 Å². The minimum atomic E-state index is -1.35. The second-order valence-corrected chi connectivity index (χ2v) is 5.25. The number of hydrogen-bond donors (Lipinski definition) is 1. The van der Waals surface area contributed by atoms with Crippen LogP contribution in [0.4, 0.5) is 5.69 Å². The molecule has 0 amide bonds. The van der Waals surface area contributed by atoms with Crippen LogP contribution in [0, 0.1) is 0 Å². The molecule has 21 heavy (non-hydrogen) atoms. The Balaban J connectivity index is 2.42. The van der Waals surface area contributed by atoms with Gasteiger partial charge in [0.2, 0.25) is 0 Å². The van der Waals surface area contributed by atoms with Gasteiger partial charge in [0.15, 0.2) is 5.54 Å². The van der Waals surface area contributed by atoms with Crippen LogP contribution in [0.15, 0.2) is 29.4 Å². The normalized spacial score (nSPS) is 21.1. The van der Waals surface area contributed by atoms with Crippen molar-refractivity contribution >= 4 is 34.9 Å². The van der Waals surface area contributed by atoms with Crippen LogP contribution in [-0.4, -0.2) is 34.9 Å². The molecule has 0 aromatic heterocycles. The van der Waals surface area contributed by atoms with Crippen LogP contribution in [0.1, 0.15) is 20.3 Å². The highest BCUT2D eigenvalue weighted by atomic mass is 35.5. The molecule has 0 saturated heterocycles. The Labute approximate surface area is 127 Å². The number of nitrogens with zero attached hydrogens (tertiary/aromatic N) is 2. The zero-order chi connectivity index (χ0) is 15.6. The summed E-state index contributed by atoms with van der Waals surface area (Å²) in [6, 6.07) is 6.65. The van der Waals surface area contributed by atoms with Crippen LogP contribution in [0.5, 0.6) is 0 Å². The fourth-order valence-corrected chi connectivity index (χ4v) is 2.30. The molecule has 0 aliphatic carbocycles. The van der Waals surface area contributed by atoms with E-state index in [1.54, 1.807) is 31.2 Å². The summed E-state index contributed by atoms with van der Waals surface area (Å²) in [7, 11) is 0. The van der Waals surface area contributed by atoms with Crippen LogP contribution in [0.3, 0.4) is 0 Å². The number of carbonyl (C=O) groups excluding carboxylic acids is 1. The topological polar surface area (TPSA) is 79.2 Å². The standard InChI is InChI=1S/C14H15ClN2O4/c1-3-21-12(18)11-8-14(2,13(19)20)17(16-11)10-6-4-5-9(15)7-10/h4-7H,3,8H2,1-2H3,(H,19,20). The number of carbonyl (C=O) groups is 2. The number of aliphatic carboxylic acids is 1. The average Bonchev–Trinajstić information content (AvgIpc) is 2.79. The first-order valence-electron chi connectivity index (χ1n) is 6.42. The smallest absolute Gasteiger partial charge is 0.354 e. The number of halogens is 1. The first-order chi connectivity index (χ1) is 9.88. The molecule has 1 aliphatic heterocycles. The number of esters is 1. The van der Waals surface area contributed by atoms with Gasteiger partial charge in [-0.1, -0.05) is 17.7 Å². The van der Waals surface area contributed by atoms with Crippen LogP contribution < -0.4 is 5.01 Å². The summed E-state index contributed by atoms with van der Waals surface area (Å²) in [5.74, 6) is -1.68. The lowest BCUT2D eigenvalue weighted by molar-refractivity contribution is -0.142. The van der Waals surface area contributed by atoms with E-state index >= 15 is 0 Å². The van der Waals surface area contributed by atoms with Crippen molar-refractivity contribution in [1.29, 1.82) is 0 Å². The Morgan fingerprint density at radius 1 is 1.52 bits per heavy atom. The molecular weight excluding hydrogens is 296 g/mol. The first-order valence-corrected chi connectivity index (χ1v) is 6.80. The first kappa shape index (κ1) is 15.3. The molecule has 7 heteroatoms. The summed E-state index contributed by atoms with van der Waals surface area (Å²) in [5, 5.41) is 15.4. The van der Waals surface area contributed by atoms with Gasteiger partial charge in [0.05, 0.1) is 12.3 Å². The number of carboxylic acid groups (broad SMARTS) is 1. The van der Waals surface area contributed by atoms with Gasteiger partial charge in [0, 0.05) is 11.4 Å². The SMILES string of the molecule is CCOC(=O)C1=NN(c2cccc(Cl)c2)C(C)(C(=O)O)C1. The van der Waals surface area contributed by atoms with E-state index in [1.807, 2.05) is 0 Å². The van der Waals surface area contributed by atoms with Crippen LogP contribution in [-0.2, 0) is 14.3 Å². The quantitative estimate of drug-likeness (QED) is 0.863. The summed E-state index contributed by atoms with van der Waals surface area (Å²) in [6.07, 6.45) is -0.0340. The molecule has 1 heterocycles. The molecular formula is C14H15ClN2O4. The zero-order valence-corrected chi connectivity index (χ0v) is 12.4. The number of benzene rings is 1. The highest BCUT2D eigenvalue weighted by Gasteiger charge is 2.48. The van der Waals surface area contributed by atoms with Crippen molar-refractivity contribution in [3.63, 3.8) is 0 Å². The van der Waals surface area contributed by atoms with Crippen LogP contribution >= 0.6 is 11.6 Å². The molecule has 1 unspecified atom stereocenters. The van der Waals surface area contributed by atoms with Gasteiger partial charge in [-0.25, -0.2) is 14.6 Å². The molecule has 0 radical (unpaired) electrons. The second kappa shape index (κ2) is 5.73. The van der Waals surface area contributed by atoms with Gasteiger partial charge in [0.1, 0.15) is 5.71 Å². The van der Waals surface area contributed by atoms with E-state index in [-0.39, 0.29) is 18.7 Å². The summed E-state index contributed by atoms with van der Waals surface area (Å²) < 4.78 is 4.89. The number of anilines is 1. The molecule has 1 aliphatic rings. The summed E-state index contributed by atoms with van der Waals surface area (Å²) in [6.45, 7) is 3.39.